The first kappa shape index (κ1) is 19.9. The first-order valence-corrected chi connectivity index (χ1v) is 9.85. The van der Waals surface area contributed by atoms with Gasteiger partial charge in [-0.2, -0.15) is 0 Å². The summed E-state index contributed by atoms with van der Waals surface area (Å²) in [5, 5.41) is 21.2. The van der Waals surface area contributed by atoms with E-state index in [9.17, 15) is 24.2 Å². The number of phenols is 1. The number of carbonyl (C=O) groups excluding carboxylic acids is 2. The third kappa shape index (κ3) is 3.30. The van der Waals surface area contributed by atoms with Gasteiger partial charge < -0.3 is 19.8 Å². The maximum Gasteiger partial charge on any atom is 0.295 e. The Morgan fingerprint density at radius 1 is 1.10 bits per heavy atom. The highest BCUT2D eigenvalue weighted by atomic mass is 19.1. The van der Waals surface area contributed by atoms with Gasteiger partial charge in [-0.3, -0.25) is 9.59 Å². The molecule has 6 nitrogen and oxygen atoms in total. The zero-order valence-electron chi connectivity index (χ0n) is 16.5. The number of hydrogen-bond donors (Lipinski definition) is 2. The number of phenolic OH excluding ortho intramolecular Hbond substituents is 1. The SMILES string of the molecule is COc1ccc(C2/C(=C(/O)c3ccc(F)cc3)C(=O)C(=O)N2C2CCCC2)cc1O. The van der Waals surface area contributed by atoms with Gasteiger partial charge in [0.05, 0.1) is 18.7 Å². The van der Waals surface area contributed by atoms with E-state index in [-0.39, 0.29) is 34.4 Å². The molecule has 1 heterocycles. The molecule has 2 aliphatic rings. The smallest absolute Gasteiger partial charge is 0.295 e. The molecular formula is C23H22FNO5. The lowest BCUT2D eigenvalue weighted by Crippen LogP contribution is -2.37. The van der Waals surface area contributed by atoms with Crippen LogP contribution in [0.1, 0.15) is 42.9 Å². The molecule has 2 aromatic rings. The van der Waals surface area contributed by atoms with Gasteiger partial charge in [0.25, 0.3) is 11.7 Å². The Kier molecular flexibility index (Phi) is 5.20. The van der Waals surface area contributed by atoms with Gasteiger partial charge in [0.2, 0.25) is 0 Å². The number of rotatable bonds is 4. The van der Waals surface area contributed by atoms with Gasteiger partial charge in [-0.05, 0) is 54.8 Å². The van der Waals surface area contributed by atoms with Gasteiger partial charge in [-0.1, -0.05) is 18.9 Å². The third-order valence-electron chi connectivity index (χ3n) is 5.83. The number of carbonyl (C=O) groups is 2. The number of aliphatic hydroxyl groups excluding tert-OH is 1. The molecule has 0 aromatic heterocycles. The second kappa shape index (κ2) is 7.82. The number of ketones is 1. The molecule has 2 aromatic carbocycles. The molecular weight excluding hydrogens is 389 g/mol. The summed E-state index contributed by atoms with van der Waals surface area (Å²) in [6, 6.07) is 8.74. The van der Waals surface area contributed by atoms with E-state index in [2.05, 4.69) is 0 Å². The largest absolute Gasteiger partial charge is 0.507 e. The van der Waals surface area contributed by atoms with Crippen LogP contribution in [0, 0.1) is 5.82 Å². The Morgan fingerprint density at radius 3 is 2.37 bits per heavy atom. The van der Waals surface area contributed by atoms with Crippen LogP contribution in [-0.4, -0.2) is 40.0 Å². The molecule has 1 amide bonds. The van der Waals surface area contributed by atoms with E-state index in [4.69, 9.17) is 4.74 Å². The van der Waals surface area contributed by atoms with E-state index >= 15 is 0 Å². The number of aliphatic hydroxyl groups is 1. The minimum Gasteiger partial charge on any atom is -0.507 e. The zero-order chi connectivity index (χ0) is 21.4. The van der Waals surface area contributed by atoms with Gasteiger partial charge >= 0.3 is 0 Å². The average molecular weight is 411 g/mol. The second-order valence-corrected chi connectivity index (χ2v) is 7.58. The molecule has 2 fully saturated rings. The van der Waals surface area contributed by atoms with Crippen molar-refractivity contribution in [2.24, 2.45) is 0 Å². The lowest BCUT2D eigenvalue weighted by Gasteiger charge is -2.31. The van der Waals surface area contributed by atoms with Crippen molar-refractivity contribution < 1.29 is 28.9 Å². The van der Waals surface area contributed by atoms with Crippen molar-refractivity contribution in [3.05, 3.63) is 65.0 Å². The summed E-state index contributed by atoms with van der Waals surface area (Å²) in [5.74, 6) is -2.18. The van der Waals surface area contributed by atoms with Gasteiger partial charge in [0.15, 0.2) is 11.5 Å². The van der Waals surface area contributed by atoms with Crippen molar-refractivity contribution in [2.45, 2.75) is 37.8 Å². The van der Waals surface area contributed by atoms with Crippen LogP contribution in [0.5, 0.6) is 11.5 Å². The van der Waals surface area contributed by atoms with Gasteiger partial charge in [-0.25, -0.2) is 4.39 Å². The number of halogens is 1. The molecule has 4 rings (SSSR count). The van der Waals surface area contributed by atoms with Crippen LogP contribution in [-0.2, 0) is 9.59 Å². The molecule has 0 radical (unpaired) electrons. The molecule has 1 atom stereocenters. The Balaban J connectivity index is 1.89. The van der Waals surface area contributed by atoms with Crippen LogP contribution in [0.25, 0.3) is 5.76 Å². The third-order valence-corrected chi connectivity index (χ3v) is 5.83. The molecule has 7 heteroatoms. The van der Waals surface area contributed by atoms with Crippen molar-refractivity contribution in [1.82, 2.24) is 4.90 Å². The van der Waals surface area contributed by atoms with Crippen LogP contribution >= 0.6 is 0 Å². The van der Waals surface area contributed by atoms with Crippen LogP contribution in [0.2, 0.25) is 0 Å². The predicted molar refractivity (Wildman–Crippen MR) is 107 cm³/mol. The number of likely N-dealkylation sites (tertiary alicyclic amines) is 1. The fraction of sp³-hybridized carbons (Fsp3) is 0.304. The number of methoxy groups -OCH3 is 1. The zero-order valence-corrected chi connectivity index (χ0v) is 16.5. The van der Waals surface area contributed by atoms with E-state index < -0.39 is 23.5 Å². The molecule has 156 valence electrons. The van der Waals surface area contributed by atoms with Crippen LogP contribution in [0.4, 0.5) is 4.39 Å². The lowest BCUT2D eigenvalue weighted by molar-refractivity contribution is -0.141. The van der Waals surface area contributed by atoms with E-state index in [1.807, 2.05) is 0 Å². The maximum atomic E-state index is 13.3. The van der Waals surface area contributed by atoms with Crippen molar-refractivity contribution >= 4 is 17.4 Å². The standard InChI is InChI=1S/C23H22FNO5/c1-30-18-11-8-14(12-17(18)26)20-19(21(27)13-6-9-15(24)10-7-13)22(28)23(29)25(20)16-4-2-3-5-16/h6-12,16,20,26-27H,2-5H2,1H3/b21-19-. The van der Waals surface area contributed by atoms with E-state index in [1.54, 1.807) is 12.1 Å². The number of amides is 1. The van der Waals surface area contributed by atoms with Crippen LogP contribution in [0.15, 0.2) is 48.0 Å². The fourth-order valence-electron chi connectivity index (χ4n) is 4.38. The Hall–Kier alpha value is -3.35. The van der Waals surface area contributed by atoms with Crippen LogP contribution in [0.3, 0.4) is 0 Å². The summed E-state index contributed by atoms with van der Waals surface area (Å²) in [5.41, 5.74) is 0.662. The predicted octanol–water partition coefficient (Wildman–Crippen LogP) is 3.90. The Morgan fingerprint density at radius 2 is 1.77 bits per heavy atom. The first-order valence-electron chi connectivity index (χ1n) is 9.85. The highest BCUT2D eigenvalue weighted by Gasteiger charge is 2.49. The second-order valence-electron chi connectivity index (χ2n) is 7.58. The van der Waals surface area contributed by atoms with E-state index in [0.29, 0.717) is 5.56 Å². The highest BCUT2D eigenvalue weighted by Crippen LogP contribution is 2.44. The van der Waals surface area contributed by atoms with Gasteiger partial charge in [0, 0.05) is 11.6 Å². The van der Waals surface area contributed by atoms with Crippen molar-refractivity contribution in [2.75, 3.05) is 7.11 Å². The lowest BCUT2D eigenvalue weighted by atomic mass is 9.94. The van der Waals surface area contributed by atoms with Gasteiger partial charge in [0.1, 0.15) is 11.6 Å². The number of hydrogen-bond acceptors (Lipinski definition) is 5. The number of nitrogens with zero attached hydrogens (tertiary/aromatic N) is 1. The normalized spacial score (nSPS) is 21.4. The number of Topliss-reactive ketones (excluding diaryl/α,β-unsaturated/α-hetero) is 1. The molecule has 1 unspecified atom stereocenters. The number of ether oxygens (including phenoxy) is 1. The highest BCUT2D eigenvalue weighted by molar-refractivity contribution is 6.46. The number of aromatic hydroxyl groups is 1. The topological polar surface area (TPSA) is 87.1 Å². The molecule has 1 saturated carbocycles. The summed E-state index contributed by atoms with van der Waals surface area (Å²) in [6.07, 6.45) is 3.43. The quantitative estimate of drug-likeness (QED) is 0.453. The molecule has 0 bridgehead atoms. The molecule has 30 heavy (non-hydrogen) atoms. The minimum atomic E-state index is -0.852. The Bertz CT molecular complexity index is 1020. The fourth-order valence-corrected chi connectivity index (χ4v) is 4.38. The molecule has 1 saturated heterocycles. The summed E-state index contributed by atoms with van der Waals surface area (Å²) in [4.78, 5) is 27.5. The summed E-state index contributed by atoms with van der Waals surface area (Å²) in [6.45, 7) is 0. The molecule has 1 aliphatic heterocycles. The van der Waals surface area contributed by atoms with Crippen molar-refractivity contribution in [1.29, 1.82) is 0 Å². The minimum absolute atomic E-state index is 0.0666. The average Bonchev–Trinajstić information content (AvgIpc) is 3.35. The Labute approximate surface area is 173 Å². The van der Waals surface area contributed by atoms with E-state index in [1.165, 1.54) is 42.3 Å². The molecule has 0 spiro atoms. The number of benzene rings is 2. The monoisotopic (exact) mass is 411 g/mol. The van der Waals surface area contributed by atoms with Crippen molar-refractivity contribution in [3.63, 3.8) is 0 Å². The summed E-state index contributed by atoms with van der Waals surface area (Å²) >= 11 is 0. The summed E-state index contributed by atoms with van der Waals surface area (Å²) in [7, 11) is 1.42. The summed E-state index contributed by atoms with van der Waals surface area (Å²) < 4.78 is 18.4. The van der Waals surface area contributed by atoms with Gasteiger partial charge in [-0.15, -0.1) is 0 Å². The molecule has 2 N–H and O–H groups in total. The van der Waals surface area contributed by atoms with E-state index in [0.717, 1.165) is 25.7 Å². The first-order chi connectivity index (χ1) is 14.4. The van der Waals surface area contributed by atoms with Crippen molar-refractivity contribution in [3.8, 4) is 11.5 Å². The molecule has 1 aliphatic carbocycles. The maximum absolute atomic E-state index is 13.3. The van der Waals surface area contributed by atoms with Crippen LogP contribution < -0.4 is 4.74 Å².